The molecular weight excluding hydrogens is 697 g/mol. The number of likely N-dealkylation sites (tertiary alicyclic amines) is 1. The van der Waals surface area contributed by atoms with Crippen molar-refractivity contribution in [2.24, 2.45) is 11.8 Å². The van der Waals surface area contributed by atoms with E-state index in [4.69, 9.17) is 9.47 Å². The van der Waals surface area contributed by atoms with E-state index in [0.717, 1.165) is 31.4 Å². The minimum atomic E-state index is -0.831. The van der Waals surface area contributed by atoms with E-state index in [0.29, 0.717) is 17.8 Å². The molecule has 1 fully saturated rings. The van der Waals surface area contributed by atoms with Crippen LogP contribution >= 0.6 is 11.3 Å². The molecule has 2 aromatic rings. The van der Waals surface area contributed by atoms with Crippen molar-refractivity contribution in [3.8, 4) is 0 Å². The minimum Gasteiger partial charge on any atom is -0.468 e. The second-order valence-electron chi connectivity index (χ2n) is 15.0. The maximum Gasteiger partial charge on any atom is 0.323 e. The summed E-state index contributed by atoms with van der Waals surface area (Å²) in [6.45, 7) is 9.96. The number of nitrogens with one attached hydrogen (secondary N) is 2. The highest BCUT2D eigenvalue weighted by Gasteiger charge is 2.37. The van der Waals surface area contributed by atoms with Crippen LogP contribution < -0.4 is 10.6 Å². The maximum absolute atomic E-state index is 14.1. The summed E-state index contributed by atoms with van der Waals surface area (Å²) in [5.41, 5.74) is 1.15. The molecule has 0 radical (unpaired) electrons. The van der Waals surface area contributed by atoms with E-state index < -0.39 is 42.1 Å². The van der Waals surface area contributed by atoms with E-state index in [-0.39, 0.29) is 47.8 Å². The summed E-state index contributed by atoms with van der Waals surface area (Å²) in [4.78, 5) is 76.2. The fraction of sp³-hybridized carbons (Fsp3) is 0.641. The van der Waals surface area contributed by atoms with Gasteiger partial charge >= 0.3 is 11.9 Å². The first kappa shape index (κ1) is 43.5. The van der Waals surface area contributed by atoms with Gasteiger partial charge in [-0.3, -0.25) is 33.8 Å². The van der Waals surface area contributed by atoms with Crippen LogP contribution in [0.5, 0.6) is 0 Å². The molecule has 1 saturated heterocycles. The average molecular weight is 757 g/mol. The Labute approximate surface area is 319 Å². The molecule has 53 heavy (non-hydrogen) atoms. The van der Waals surface area contributed by atoms with Crippen LogP contribution in [0, 0.1) is 11.8 Å². The van der Waals surface area contributed by atoms with Gasteiger partial charge in [-0.15, -0.1) is 11.3 Å². The van der Waals surface area contributed by atoms with Crippen molar-refractivity contribution in [1.29, 1.82) is 0 Å². The van der Waals surface area contributed by atoms with Crippen molar-refractivity contribution in [2.75, 3.05) is 41.8 Å². The molecule has 0 saturated carbocycles. The zero-order chi connectivity index (χ0) is 39.4. The molecule has 1 aliphatic rings. The highest BCUT2D eigenvalue weighted by Crippen LogP contribution is 2.31. The Bertz CT molecular complexity index is 1520. The topological polar surface area (TPSA) is 150 Å². The molecule has 2 N–H and O–H groups in total. The van der Waals surface area contributed by atoms with Gasteiger partial charge in [-0.25, -0.2) is 4.98 Å². The number of esters is 2. The van der Waals surface area contributed by atoms with Gasteiger partial charge in [0.15, 0.2) is 6.10 Å². The number of ether oxygens (including phenoxy) is 2. The van der Waals surface area contributed by atoms with E-state index in [9.17, 15) is 24.0 Å². The Morgan fingerprint density at radius 2 is 1.66 bits per heavy atom. The number of rotatable bonds is 18. The summed E-state index contributed by atoms with van der Waals surface area (Å²) in [6, 6.07) is 7.28. The van der Waals surface area contributed by atoms with Crippen LogP contribution in [-0.4, -0.2) is 121 Å². The molecular formula is C39H60N6O7S. The Balaban J connectivity index is 1.82. The molecule has 294 valence electrons. The third kappa shape index (κ3) is 12.6. The molecule has 3 amide bonds. The number of likely N-dealkylation sites (N-methyl/N-ethyl adjacent to an activating group) is 3. The molecule has 0 aliphatic carbocycles. The number of benzene rings is 1. The summed E-state index contributed by atoms with van der Waals surface area (Å²) in [6.07, 6.45) is 2.95. The van der Waals surface area contributed by atoms with Crippen molar-refractivity contribution >= 4 is 41.0 Å². The van der Waals surface area contributed by atoms with Gasteiger partial charge in [0.2, 0.25) is 11.8 Å². The summed E-state index contributed by atoms with van der Waals surface area (Å²) in [5.74, 6) is -1.92. The van der Waals surface area contributed by atoms with Crippen molar-refractivity contribution in [3.05, 3.63) is 52.0 Å². The van der Waals surface area contributed by atoms with Crippen LogP contribution in [0.15, 0.2) is 35.7 Å². The van der Waals surface area contributed by atoms with Crippen LogP contribution in [0.25, 0.3) is 0 Å². The number of carbonyl (C=O) groups is 5. The summed E-state index contributed by atoms with van der Waals surface area (Å²) in [7, 11) is 8.57. The number of aromatic nitrogens is 1. The predicted molar refractivity (Wildman–Crippen MR) is 205 cm³/mol. The third-order valence-corrected chi connectivity index (χ3v) is 10.9. The van der Waals surface area contributed by atoms with Crippen molar-refractivity contribution in [2.45, 2.75) is 109 Å². The highest BCUT2D eigenvalue weighted by atomic mass is 32.1. The fourth-order valence-corrected chi connectivity index (χ4v) is 7.70. The lowest BCUT2D eigenvalue weighted by molar-refractivity contribution is -0.149. The van der Waals surface area contributed by atoms with Gasteiger partial charge in [0.05, 0.1) is 13.2 Å². The van der Waals surface area contributed by atoms with Gasteiger partial charge in [0.25, 0.3) is 5.91 Å². The lowest BCUT2D eigenvalue weighted by atomic mass is 9.94. The third-order valence-electron chi connectivity index (χ3n) is 9.98. The Morgan fingerprint density at radius 1 is 0.981 bits per heavy atom. The minimum absolute atomic E-state index is 0.0454. The van der Waals surface area contributed by atoms with E-state index in [2.05, 4.69) is 15.6 Å². The Kier molecular flexibility index (Phi) is 16.9. The standard InChI is InChI=1S/C39H60N6O7S/c1-24(2)31(45(9)38(49)34(25(3)4)42-36(48)30-18-14-15-19-44(30)8)22-33(52-26(5)46)37-41-29(23-53-37)35(47)40-28(20-27-16-12-11-13-17-27)21-32(43(6)7)39(50)51-10/h11-13,16-17,23-25,28,30-34H,14-15,18-22H2,1-10H3,(H,40,47)(H,42,48)/t28-,30+,31?,32-,33+,34-/m0/s1. The monoisotopic (exact) mass is 756 g/mol. The number of nitrogens with zero attached hydrogens (tertiary/aromatic N) is 4. The van der Waals surface area contributed by atoms with Crippen LogP contribution in [-0.2, 0) is 35.1 Å². The molecule has 1 aliphatic heterocycles. The summed E-state index contributed by atoms with van der Waals surface area (Å²) in [5, 5.41) is 8.15. The molecule has 3 rings (SSSR count). The first-order valence-electron chi connectivity index (χ1n) is 18.5. The van der Waals surface area contributed by atoms with E-state index in [1.54, 1.807) is 36.3 Å². The summed E-state index contributed by atoms with van der Waals surface area (Å²) < 4.78 is 10.8. The van der Waals surface area contributed by atoms with Crippen LogP contribution in [0.4, 0.5) is 0 Å². The number of methoxy groups -OCH3 is 1. The van der Waals surface area contributed by atoms with E-state index in [1.807, 2.05) is 70.0 Å². The normalized spacial score (nSPS) is 17.8. The molecule has 6 atom stereocenters. The number of hydrogen-bond acceptors (Lipinski definition) is 11. The number of hydrogen-bond donors (Lipinski definition) is 2. The van der Waals surface area contributed by atoms with Crippen molar-refractivity contribution in [3.63, 3.8) is 0 Å². The van der Waals surface area contributed by atoms with Gasteiger partial charge in [0, 0.05) is 37.9 Å². The molecule has 2 heterocycles. The number of piperidine rings is 1. The van der Waals surface area contributed by atoms with Crippen LogP contribution in [0.1, 0.15) is 93.9 Å². The maximum atomic E-state index is 14.1. The van der Waals surface area contributed by atoms with Crippen LogP contribution in [0.3, 0.4) is 0 Å². The second-order valence-corrected chi connectivity index (χ2v) is 15.9. The number of amides is 3. The largest absolute Gasteiger partial charge is 0.468 e. The molecule has 1 aromatic carbocycles. The molecule has 0 spiro atoms. The van der Waals surface area contributed by atoms with E-state index >= 15 is 0 Å². The second kappa shape index (κ2) is 20.5. The summed E-state index contributed by atoms with van der Waals surface area (Å²) >= 11 is 1.20. The molecule has 1 unspecified atom stereocenters. The number of thiazole rings is 1. The molecule has 1 aromatic heterocycles. The molecule has 13 nitrogen and oxygen atoms in total. The highest BCUT2D eigenvalue weighted by molar-refractivity contribution is 7.09. The van der Waals surface area contributed by atoms with Crippen LogP contribution in [0.2, 0.25) is 0 Å². The molecule has 0 bridgehead atoms. The van der Waals surface area contributed by atoms with Crippen molar-refractivity contribution < 1.29 is 33.4 Å². The zero-order valence-electron chi connectivity index (χ0n) is 33.1. The lowest BCUT2D eigenvalue weighted by Crippen LogP contribution is -2.57. The first-order valence-corrected chi connectivity index (χ1v) is 19.4. The number of carbonyl (C=O) groups excluding carboxylic acids is 5. The zero-order valence-corrected chi connectivity index (χ0v) is 33.9. The Hall–Kier alpha value is -3.88. The van der Waals surface area contributed by atoms with Crippen molar-refractivity contribution in [1.82, 2.24) is 30.3 Å². The average Bonchev–Trinajstić information content (AvgIpc) is 3.61. The van der Waals surface area contributed by atoms with Gasteiger partial charge in [-0.2, -0.15) is 0 Å². The molecule has 14 heteroatoms. The van der Waals surface area contributed by atoms with Gasteiger partial charge < -0.3 is 25.0 Å². The lowest BCUT2D eigenvalue weighted by Gasteiger charge is -2.37. The first-order chi connectivity index (χ1) is 25.0. The quantitative estimate of drug-likeness (QED) is 0.213. The van der Waals surface area contributed by atoms with Gasteiger partial charge in [-0.1, -0.05) is 64.4 Å². The van der Waals surface area contributed by atoms with Gasteiger partial charge in [0.1, 0.15) is 22.8 Å². The van der Waals surface area contributed by atoms with E-state index in [1.165, 1.54) is 25.4 Å². The predicted octanol–water partition coefficient (Wildman–Crippen LogP) is 4.08. The SMILES string of the molecule is COC(=O)[C@H](C[C@H](Cc1ccccc1)NC(=O)c1csc([C@@H](CC(C(C)C)N(C)C(=O)[C@@H](NC(=O)[C@H]2CCCCN2C)C(C)C)OC(C)=O)n1)N(C)C. The Morgan fingerprint density at radius 3 is 2.23 bits per heavy atom. The fourth-order valence-electron chi connectivity index (χ4n) is 6.86. The van der Waals surface area contributed by atoms with Gasteiger partial charge in [-0.05, 0) is 70.8 Å². The smallest absolute Gasteiger partial charge is 0.323 e.